The summed E-state index contributed by atoms with van der Waals surface area (Å²) in [4.78, 5) is 26.4. The number of aliphatic hydroxyl groups is 1. The Kier molecular flexibility index (Phi) is 7.30. The van der Waals surface area contributed by atoms with E-state index in [9.17, 15) is 4.79 Å². The summed E-state index contributed by atoms with van der Waals surface area (Å²) in [6.45, 7) is 6.51. The van der Waals surface area contributed by atoms with Gasteiger partial charge in [-0.15, -0.1) is 0 Å². The molecule has 8 nitrogen and oxygen atoms in total. The van der Waals surface area contributed by atoms with Gasteiger partial charge in [-0.3, -0.25) is 4.79 Å². The fourth-order valence-electron chi connectivity index (χ4n) is 4.69. The summed E-state index contributed by atoms with van der Waals surface area (Å²) in [5, 5.41) is 15.9. The first-order valence-corrected chi connectivity index (χ1v) is 12.6. The second-order valence-electron chi connectivity index (χ2n) is 9.41. The summed E-state index contributed by atoms with van der Waals surface area (Å²) in [5.41, 5.74) is 6.75. The average Bonchev–Trinajstić information content (AvgIpc) is 2.92. The molecular formula is C29H32N6O2. The Morgan fingerprint density at radius 1 is 1.03 bits per heavy atom. The van der Waals surface area contributed by atoms with E-state index in [0.29, 0.717) is 11.5 Å². The zero-order valence-corrected chi connectivity index (χ0v) is 21.2. The fourth-order valence-corrected chi connectivity index (χ4v) is 4.69. The maximum absolute atomic E-state index is 12.2. The van der Waals surface area contributed by atoms with Crippen molar-refractivity contribution in [2.75, 3.05) is 56.6 Å². The number of aliphatic hydroxyl groups excluding tert-OH is 1. The third-order valence-corrected chi connectivity index (χ3v) is 6.76. The monoisotopic (exact) mass is 496 g/mol. The SMILES string of the molecule is Cc1cc(Nc2ncc3cccc(-c4ccc(C(=O)NCCO)cc4)c3n2)ccc1N1CCN(C)CC1. The van der Waals surface area contributed by atoms with Crippen molar-refractivity contribution in [1.82, 2.24) is 20.2 Å². The van der Waals surface area contributed by atoms with Crippen LogP contribution >= 0.6 is 0 Å². The smallest absolute Gasteiger partial charge is 0.251 e. The van der Waals surface area contributed by atoms with Gasteiger partial charge in [-0.2, -0.15) is 0 Å². The molecule has 8 heteroatoms. The molecule has 0 saturated carbocycles. The van der Waals surface area contributed by atoms with E-state index < -0.39 is 0 Å². The molecule has 2 heterocycles. The largest absolute Gasteiger partial charge is 0.395 e. The Morgan fingerprint density at radius 3 is 2.54 bits per heavy atom. The summed E-state index contributed by atoms with van der Waals surface area (Å²) < 4.78 is 0. The molecule has 0 spiro atoms. The third kappa shape index (κ3) is 5.55. The van der Waals surface area contributed by atoms with Gasteiger partial charge < -0.3 is 25.5 Å². The highest BCUT2D eigenvalue weighted by molar-refractivity contribution is 5.97. The van der Waals surface area contributed by atoms with Crippen molar-refractivity contribution in [3.63, 3.8) is 0 Å². The highest BCUT2D eigenvalue weighted by atomic mass is 16.3. The molecule has 3 aromatic carbocycles. The number of hydrogen-bond acceptors (Lipinski definition) is 7. The lowest BCUT2D eigenvalue weighted by molar-refractivity contribution is 0.0945. The molecule has 37 heavy (non-hydrogen) atoms. The Balaban J connectivity index is 1.37. The minimum atomic E-state index is -0.207. The normalized spacial score (nSPS) is 14.1. The van der Waals surface area contributed by atoms with Crippen molar-refractivity contribution in [2.45, 2.75) is 6.92 Å². The maximum Gasteiger partial charge on any atom is 0.251 e. The number of anilines is 3. The first-order valence-electron chi connectivity index (χ1n) is 12.6. The van der Waals surface area contributed by atoms with Crippen LogP contribution in [0, 0.1) is 6.92 Å². The van der Waals surface area contributed by atoms with Crippen LogP contribution in [0.15, 0.2) is 66.9 Å². The first-order chi connectivity index (χ1) is 18.0. The van der Waals surface area contributed by atoms with Gasteiger partial charge in [0.1, 0.15) is 0 Å². The number of likely N-dealkylation sites (N-methyl/N-ethyl adjacent to an activating group) is 1. The van der Waals surface area contributed by atoms with E-state index in [2.05, 4.69) is 57.6 Å². The summed E-state index contributed by atoms with van der Waals surface area (Å²) in [7, 11) is 2.17. The first kappa shape index (κ1) is 24.7. The molecule has 1 saturated heterocycles. The van der Waals surface area contributed by atoms with E-state index in [1.807, 2.05) is 36.5 Å². The summed E-state index contributed by atoms with van der Waals surface area (Å²) in [5.74, 6) is 0.327. The highest BCUT2D eigenvalue weighted by Crippen LogP contribution is 2.30. The van der Waals surface area contributed by atoms with Gasteiger partial charge in [0.15, 0.2) is 0 Å². The summed E-state index contributed by atoms with van der Waals surface area (Å²) in [6.07, 6.45) is 1.83. The van der Waals surface area contributed by atoms with Crippen LogP contribution in [0.1, 0.15) is 15.9 Å². The number of carbonyl (C=O) groups is 1. The van der Waals surface area contributed by atoms with Crippen LogP contribution in [0.3, 0.4) is 0 Å². The predicted molar refractivity (Wildman–Crippen MR) is 149 cm³/mol. The molecule has 0 unspecified atom stereocenters. The van der Waals surface area contributed by atoms with Crippen LogP contribution in [0.2, 0.25) is 0 Å². The number of nitrogens with one attached hydrogen (secondary N) is 2. The van der Waals surface area contributed by atoms with E-state index in [1.165, 1.54) is 11.3 Å². The van der Waals surface area contributed by atoms with Gasteiger partial charge in [0.2, 0.25) is 5.95 Å². The van der Waals surface area contributed by atoms with Crippen LogP contribution in [0.25, 0.3) is 22.0 Å². The Labute approximate surface area is 217 Å². The molecule has 1 fully saturated rings. The van der Waals surface area contributed by atoms with Gasteiger partial charge >= 0.3 is 0 Å². The molecule has 0 bridgehead atoms. The van der Waals surface area contributed by atoms with Crippen molar-refractivity contribution in [1.29, 1.82) is 0 Å². The average molecular weight is 497 g/mol. The number of amides is 1. The van der Waals surface area contributed by atoms with Gasteiger partial charge in [0, 0.05) is 66.8 Å². The summed E-state index contributed by atoms with van der Waals surface area (Å²) in [6, 6.07) is 19.8. The lowest BCUT2D eigenvalue weighted by atomic mass is 10.0. The van der Waals surface area contributed by atoms with E-state index in [1.54, 1.807) is 12.1 Å². The zero-order valence-electron chi connectivity index (χ0n) is 21.2. The van der Waals surface area contributed by atoms with Gasteiger partial charge in [0.25, 0.3) is 5.91 Å². The Morgan fingerprint density at radius 2 is 1.81 bits per heavy atom. The topological polar surface area (TPSA) is 93.6 Å². The van der Waals surface area contributed by atoms with Crippen LogP contribution in [-0.2, 0) is 0 Å². The molecule has 1 amide bonds. The molecule has 1 aromatic heterocycles. The van der Waals surface area contributed by atoms with Crippen molar-refractivity contribution in [3.8, 4) is 11.1 Å². The molecule has 0 atom stereocenters. The standard InChI is InChI=1S/C29H32N6O2/c1-20-18-24(10-11-26(20)35-15-13-34(2)14-16-35)32-29-31-19-23-4-3-5-25(27(23)33-29)21-6-8-22(9-7-21)28(37)30-12-17-36/h3-11,18-19,36H,12-17H2,1-2H3,(H,30,37)(H,31,32,33). The van der Waals surface area contributed by atoms with Crippen LogP contribution < -0.4 is 15.5 Å². The van der Waals surface area contributed by atoms with E-state index in [0.717, 1.165) is 53.9 Å². The van der Waals surface area contributed by atoms with Gasteiger partial charge in [0.05, 0.1) is 12.1 Å². The van der Waals surface area contributed by atoms with Crippen LogP contribution in [0.5, 0.6) is 0 Å². The molecule has 4 aromatic rings. The minimum absolute atomic E-state index is 0.0874. The van der Waals surface area contributed by atoms with Gasteiger partial charge in [-0.05, 0) is 55.4 Å². The van der Waals surface area contributed by atoms with Crippen molar-refractivity contribution < 1.29 is 9.90 Å². The van der Waals surface area contributed by atoms with E-state index >= 15 is 0 Å². The number of nitrogens with zero attached hydrogens (tertiary/aromatic N) is 4. The molecule has 0 aliphatic carbocycles. The van der Waals surface area contributed by atoms with Gasteiger partial charge in [-0.1, -0.05) is 30.3 Å². The van der Waals surface area contributed by atoms with Crippen LogP contribution in [0.4, 0.5) is 17.3 Å². The lowest BCUT2D eigenvalue weighted by Crippen LogP contribution is -2.44. The van der Waals surface area contributed by atoms with Crippen molar-refractivity contribution >= 4 is 34.1 Å². The molecule has 5 rings (SSSR count). The number of hydrogen-bond donors (Lipinski definition) is 3. The molecule has 1 aliphatic rings. The van der Waals surface area contributed by atoms with Crippen molar-refractivity contribution in [2.24, 2.45) is 0 Å². The number of aromatic nitrogens is 2. The molecule has 190 valence electrons. The molecule has 0 radical (unpaired) electrons. The minimum Gasteiger partial charge on any atom is -0.395 e. The predicted octanol–water partition coefficient (Wildman–Crippen LogP) is 3.82. The van der Waals surface area contributed by atoms with E-state index in [4.69, 9.17) is 10.1 Å². The fraction of sp³-hybridized carbons (Fsp3) is 0.276. The maximum atomic E-state index is 12.2. The molecule has 3 N–H and O–H groups in total. The number of carbonyl (C=O) groups excluding carboxylic acids is 1. The highest BCUT2D eigenvalue weighted by Gasteiger charge is 2.16. The Bertz CT molecular complexity index is 1400. The van der Waals surface area contributed by atoms with E-state index in [-0.39, 0.29) is 19.1 Å². The van der Waals surface area contributed by atoms with Crippen molar-refractivity contribution in [3.05, 3.63) is 78.0 Å². The van der Waals surface area contributed by atoms with Crippen LogP contribution in [-0.4, -0.2) is 72.3 Å². The van der Waals surface area contributed by atoms with Gasteiger partial charge in [-0.25, -0.2) is 9.97 Å². The number of fused-ring (bicyclic) bond motifs is 1. The Hall–Kier alpha value is -4.01. The number of para-hydroxylation sites is 1. The molecule has 1 aliphatic heterocycles. The number of piperazine rings is 1. The third-order valence-electron chi connectivity index (χ3n) is 6.76. The quantitative estimate of drug-likeness (QED) is 0.358. The molecular weight excluding hydrogens is 464 g/mol. The lowest BCUT2D eigenvalue weighted by Gasteiger charge is -2.35. The number of rotatable bonds is 7. The number of aryl methyl sites for hydroxylation is 1. The zero-order chi connectivity index (χ0) is 25.8. The second kappa shape index (κ2) is 10.9. The number of benzene rings is 3. The second-order valence-corrected chi connectivity index (χ2v) is 9.41. The summed E-state index contributed by atoms with van der Waals surface area (Å²) >= 11 is 0.